The van der Waals surface area contributed by atoms with Gasteiger partial charge in [-0.1, -0.05) is 155 Å². The number of nitrogens with zero attached hydrogens (tertiary/aromatic N) is 1. The largest absolute Gasteiger partial charge is 0.508 e. The van der Waals surface area contributed by atoms with E-state index < -0.39 is 18.5 Å². The number of carbonyl (C=O) groups is 3. The van der Waals surface area contributed by atoms with E-state index in [0.29, 0.717) is 38.9 Å². The first kappa shape index (κ1) is 58.6. The highest BCUT2D eigenvalue weighted by Crippen LogP contribution is 2.14. The van der Waals surface area contributed by atoms with Crippen LogP contribution in [0.5, 0.6) is 0 Å². The van der Waals surface area contributed by atoms with Crippen molar-refractivity contribution in [1.29, 1.82) is 0 Å². The number of unbranched alkanes of at least 4 members (excludes halogenated alkanes) is 18. The number of carbonyl (C=O) groups excluding carboxylic acids is 3. The van der Waals surface area contributed by atoms with Crippen molar-refractivity contribution in [2.75, 3.05) is 52.7 Å². The maximum atomic E-state index is 12.8. The monoisotopic (exact) mass is 866 g/mol. The van der Waals surface area contributed by atoms with Crippen molar-refractivity contribution >= 4 is 18.1 Å². The van der Waals surface area contributed by atoms with Gasteiger partial charge in [-0.3, -0.25) is 9.59 Å². The van der Waals surface area contributed by atoms with Gasteiger partial charge in [-0.25, -0.2) is 4.79 Å². The Hall–Kier alpha value is -2.43. The number of hydrogen-bond donors (Lipinski definition) is 0. The third-order valence-electron chi connectivity index (χ3n) is 10.9. The molecule has 0 saturated heterocycles. The summed E-state index contributed by atoms with van der Waals surface area (Å²) >= 11 is 0. The molecule has 61 heavy (non-hydrogen) atoms. The molecule has 10 heteroatoms. The van der Waals surface area contributed by atoms with Crippen LogP contribution < -0.4 is 0 Å². The van der Waals surface area contributed by atoms with E-state index in [-0.39, 0.29) is 44.6 Å². The Morgan fingerprint density at radius 2 is 0.934 bits per heavy atom. The molecule has 0 aliphatic heterocycles. The van der Waals surface area contributed by atoms with Gasteiger partial charge in [0.2, 0.25) is 0 Å². The van der Waals surface area contributed by atoms with Gasteiger partial charge in [0.05, 0.1) is 26.2 Å². The Morgan fingerprint density at radius 1 is 0.459 bits per heavy atom. The van der Waals surface area contributed by atoms with E-state index in [2.05, 4.69) is 63.8 Å². The molecule has 0 saturated carbocycles. The van der Waals surface area contributed by atoms with Crippen molar-refractivity contribution in [3.63, 3.8) is 0 Å². The van der Waals surface area contributed by atoms with Gasteiger partial charge in [-0.05, 0) is 70.9 Å². The predicted octanol–water partition coefficient (Wildman–Crippen LogP) is 13.8. The van der Waals surface area contributed by atoms with E-state index >= 15 is 0 Å². The van der Waals surface area contributed by atoms with Crippen LogP contribution in [0.15, 0.2) is 24.3 Å². The van der Waals surface area contributed by atoms with Crippen LogP contribution in [0.3, 0.4) is 0 Å². The van der Waals surface area contributed by atoms with Crippen LogP contribution in [0.4, 0.5) is 4.79 Å². The summed E-state index contributed by atoms with van der Waals surface area (Å²) < 4.78 is 34.3. The molecule has 0 aromatic carbocycles. The van der Waals surface area contributed by atoms with Crippen LogP contribution in [-0.2, 0) is 38.0 Å². The fraction of sp³-hybridized carbons (Fsp3) is 0.863. The van der Waals surface area contributed by atoms with Crippen molar-refractivity contribution in [2.24, 2.45) is 0 Å². The first-order chi connectivity index (χ1) is 29.9. The topological polar surface area (TPSA) is 110 Å². The van der Waals surface area contributed by atoms with Gasteiger partial charge in [0.1, 0.15) is 6.10 Å². The normalized spacial score (nSPS) is 12.2. The number of rotatable bonds is 46. The quantitative estimate of drug-likeness (QED) is 0.0193. The number of hydrogen-bond acceptors (Lipinski definition) is 10. The summed E-state index contributed by atoms with van der Waals surface area (Å²) in [5.41, 5.74) is 0. The van der Waals surface area contributed by atoms with Crippen LogP contribution >= 0.6 is 0 Å². The lowest BCUT2D eigenvalue weighted by Gasteiger charge is -2.20. The molecule has 1 atom stereocenters. The highest BCUT2D eigenvalue weighted by atomic mass is 16.7. The third-order valence-corrected chi connectivity index (χ3v) is 10.9. The lowest BCUT2D eigenvalue weighted by molar-refractivity contribution is -0.159. The highest BCUT2D eigenvalue weighted by molar-refractivity contribution is 5.69. The summed E-state index contributed by atoms with van der Waals surface area (Å²) in [4.78, 5) is 40.2. The minimum absolute atomic E-state index is 0.0700. The molecule has 0 radical (unpaired) electrons. The summed E-state index contributed by atoms with van der Waals surface area (Å²) in [7, 11) is 0. The minimum Gasteiger partial charge on any atom is -0.466 e. The molecule has 0 fully saturated rings. The molecule has 0 amide bonds. The average molecular weight is 866 g/mol. The molecule has 0 aromatic rings. The Balaban J connectivity index is 4.74. The summed E-state index contributed by atoms with van der Waals surface area (Å²) in [6.45, 7) is 15.3. The van der Waals surface area contributed by atoms with Crippen molar-refractivity contribution < 1.29 is 42.8 Å². The van der Waals surface area contributed by atoms with Gasteiger partial charge in [0.25, 0.3) is 0 Å². The predicted molar refractivity (Wildman–Crippen MR) is 251 cm³/mol. The van der Waals surface area contributed by atoms with E-state index in [1.807, 2.05) is 0 Å². The lowest BCUT2D eigenvalue weighted by atomic mass is 10.1. The SMILES string of the molecule is CCCCC/C=C\C/C=C\CCCCCCCC(=O)OCCC(CCOC(=O)CCC(OCCCCCCCC)OCCCCCCCC)OC(=O)OCCCN(CC)CC. The average Bonchev–Trinajstić information content (AvgIpc) is 3.25. The zero-order chi connectivity index (χ0) is 44.7. The van der Waals surface area contributed by atoms with Crippen molar-refractivity contribution in [3.05, 3.63) is 24.3 Å². The molecular weight excluding hydrogens is 771 g/mol. The number of ether oxygens (including phenoxy) is 6. The maximum absolute atomic E-state index is 12.8. The van der Waals surface area contributed by atoms with Gasteiger partial charge in [-0.15, -0.1) is 0 Å². The molecule has 10 nitrogen and oxygen atoms in total. The molecule has 0 spiro atoms. The molecule has 1 unspecified atom stereocenters. The van der Waals surface area contributed by atoms with Crippen molar-refractivity contribution in [2.45, 2.75) is 233 Å². The van der Waals surface area contributed by atoms with Crippen LogP contribution in [-0.4, -0.2) is 88.1 Å². The van der Waals surface area contributed by atoms with Crippen LogP contribution in [0, 0.1) is 0 Å². The second-order valence-corrected chi connectivity index (χ2v) is 16.5. The van der Waals surface area contributed by atoms with E-state index in [4.69, 9.17) is 28.4 Å². The second kappa shape index (κ2) is 47.1. The van der Waals surface area contributed by atoms with Gasteiger partial charge < -0.3 is 33.3 Å². The zero-order valence-electron chi connectivity index (χ0n) is 40.2. The van der Waals surface area contributed by atoms with Gasteiger partial charge >= 0.3 is 18.1 Å². The van der Waals surface area contributed by atoms with Crippen molar-refractivity contribution in [3.8, 4) is 0 Å². The molecule has 0 aliphatic rings. The molecule has 0 aliphatic carbocycles. The van der Waals surface area contributed by atoms with Crippen LogP contribution in [0.1, 0.15) is 221 Å². The fourth-order valence-electron chi connectivity index (χ4n) is 6.89. The number of esters is 2. The third kappa shape index (κ3) is 42.6. The smallest absolute Gasteiger partial charge is 0.466 e. The standard InChI is InChI=1S/C51H95NO9/c1-6-11-14-17-20-21-22-23-24-25-26-27-28-29-32-36-48(53)56-45-39-47(61-51(55)60-44-35-41-52(9-4)10-5)40-46-57-49(54)37-38-50(58-42-33-30-18-15-12-7-2)59-43-34-31-19-16-13-8-3/h20-21,23-24,47,50H,6-19,22,25-46H2,1-5H3/b21-20-,24-23-. The summed E-state index contributed by atoms with van der Waals surface area (Å²) in [5, 5.41) is 0. The van der Waals surface area contributed by atoms with Gasteiger partial charge in [0.15, 0.2) is 6.29 Å². The maximum Gasteiger partial charge on any atom is 0.508 e. The lowest BCUT2D eigenvalue weighted by Crippen LogP contribution is -2.26. The molecule has 0 rings (SSSR count). The first-order valence-electron chi connectivity index (χ1n) is 25.3. The van der Waals surface area contributed by atoms with Gasteiger partial charge in [-0.2, -0.15) is 0 Å². The van der Waals surface area contributed by atoms with E-state index in [9.17, 15) is 14.4 Å². The van der Waals surface area contributed by atoms with Crippen molar-refractivity contribution in [1.82, 2.24) is 4.90 Å². The molecule has 0 heterocycles. The molecule has 0 aromatic heterocycles. The van der Waals surface area contributed by atoms with E-state index in [0.717, 1.165) is 90.3 Å². The zero-order valence-corrected chi connectivity index (χ0v) is 40.2. The first-order valence-corrected chi connectivity index (χ1v) is 25.3. The minimum atomic E-state index is -0.764. The Morgan fingerprint density at radius 3 is 1.49 bits per heavy atom. The summed E-state index contributed by atoms with van der Waals surface area (Å²) in [6, 6.07) is 0. The highest BCUT2D eigenvalue weighted by Gasteiger charge is 2.19. The Labute approximate surface area is 375 Å². The van der Waals surface area contributed by atoms with Gasteiger partial charge in [0, 0.05) is 45.4 Å². The molecular formula is C51H95NO9. The van der Waals surface area contributed by atoms with E-state index in [1.165, 1.54) is 77.0 Å². The summed E-state index contributed by atoms with van der Waals surface area (Å²) in [6.07, 6.45) is 36.0. The number of allylic oxidation sites excluding steroid dienone is 4. The van der Waals surface area contributed by atoms with E-state index in [1.54, 1.807) is 0 Å². The Bertz CT molecular complexity index is 1010. The summed E-state index contributed by atoms with van der Waals surface area (Å²) in [5.74, 6) is -0.598. The van der Waals surface area contributed by atoms with Crippen LogP contribution in [0.2, 0.25) is 0 Å². The second-order valence-electron chi connectivity index (χ2n) is 16.5. The molecule has 0 bridgehead atoms. The fourth-order valence-corrected chi connectivity index (χ4v) is 6.89. The molecule has 0 N–H and O–H groups in total. The Kier molecular flexibility index (Phi) is 45.2. The molecule has 358 valence electrons. The van der Waals surface area contributed by atoms with Crippen LogP contribution in [0.25, 0.3) is 0 Å².